The fourth-order valence-corrected chi connectivity index (χ4v) is 3.99. The van der Waals surface area contributed by atoms with Crippen molar-refractivity contribution in [3.05, 3.63) is 101 Å². The van der Waals surface area contributed by atoms with Gasteiger partial charge in [-0.2, -0.15) is 0 Å². The van der Waals surface area contributed by atoms with Crippen molar-refractivity contribution in [3.63, 3.8) is 0 Å². The molecule has 1 unspecified atom stereocenters. The minimum absolute atomic E-state index is 0.00689. The summed E-state index contributed by atoms with van der Waals surface area (Å²) in [6.07, 6.45) is 0.0545. The van der Waals surface area contributed by atoms with E-state index in [0.717, 1.165) is 12.1 Å². The van der Waals surface area contributed by atoms with Crippen LogP contribution in [-0.2, 0) is 25.5 Å². The zero-order valence-electron chi connectivity index (χ0n) is 18.8. The van der Waals surface area contributed by atoms with Crippen LogP contribution in [0.25, 0.3) is 5.76 Å². The number of carbonyl (C=O) groups excluding carboxylic acids is 3. The number of hydrogen-bond donors (Lipinski definition) is 2. The number of halogens is 1. The van der Waals surface area contributed by atoms with Crippen LogP contribution in [0.3, 0.4) is 0 Å². The van der Waals surface area contributed by atoms with Crippen LogP contribution in [0.5, 0.6) is 5.75 Å². The van der Waals surface area contributed by atoms with Gasteiger partial charge in [-0.15, -0.1) is 0 Å². The molecule has 0 saturated carbocycles. The number of rotatable bonds is 6. The summed E-state index contributed by atoms with van der Waals surface area (Å²) in [4.78, 5) is 39.3. The van der Waals surface area contributed by atoms with Crippen LogP contribution in [0.1, 0.15) is 29.7 Å². The number of aliphatic hydroxyl groups is 1. The van der Waals surface area contributed by atoms with Gasteiger partial charge in [0.25, 0.3) is 11.7 Å². The zero-order valence-corrected chi connectivity index (χ0v) is 18.8. The Morgan fingerprint density at radius 3 is 2.20 bits per heavy atom. The van der Waals surface area contributed by atoms with Crippen LogP contribution in [0.2, 0.25) is 0 Å². The van der Waals surface area contributed by atoms with E-state index < -0.39 is 29.3 Å². The van der Waals surface area contributed by atoms with Crippen molar-refractivity contribution in [2.24, 2.45) is 0 Å². The Balaban J connectivity index is 1.80. The SMILES string of the molecule is CCOC(=O)Cc1ccc(N2C(=O)C(=O)/C(=C(/O)c3ccc(F)cc3)C2c2ccc(O)cc2)cc1. The Kier molecular flexibility index (Phi) is 6.64. The molecule has 1 aliphatic heterocycles. The lowest BCUT2D eigenvalue weighted by Crippen LogP contribution is -2.29. The highest BCUT2D eigenvalue weighted by molar-refractivity contribution is 6.51. The van der Waals surface area contributed by atoms with Crippen LogP contribution in [0, 0.1) is 5.82 Å². The number of nitrogens with zero attached hydrogens (tertiary/aromatic N) is 1. The van der Waals surface area contributed by atoms with Crippen molar-refractivity contribution in [2.45, 2.75) is 19.4 Å². The lowest BCUT2D eigenvalue weighted by Gasteiger charge is -2.25. The van der Waals surface area contributed by atoms with Gasteiger partial charge < -0.3 is 14.9 Å². The van der Waals surface area contributed by atoms with E-state index >= 15 is 0 Å². The molecule has 8 heteroatoms. The number of hydrogen-bond acceptors (Lipinski definition) is 6. The standard InChI is InChI=1S/C27H22FNO6/c1-2-35-22(31)15-16-3-11-20(12-4-16)29-24(17-7-13-21(30)14-8-17)23(26(33)27(29)34)25(32)18-5-9-19(28)10-6-18/h3-14,24,30,32H,2,15H2,1H3/b25-23+. The first kappa shape index (κ1) is 23.7. The van der Waals surface area contributed by atoms with E-state index in [2.05, 4.69) is 0 Å². The van der Waals surface area contributed by atoms with Crippen LogP contribution in [-0.4, -0.2) is 34.5 Å². The number of ketones is 1. The van der Waals surface area contributed by atoms with E-state index in [9.17, 15) is 29.0 Å². The number of carbonyl (C=O) groups is 3. The lowest BCUT2D eigenvalue weighted by atomic mass is 9.95. The number of anilines is 1. The highest BCUT2D eigenvalue weighted by atomic mass is 19.1. The van der Waals surface area contributed by atoms with Crippen LogP contribution in [0.4, 0.5) is 10.1 Å². The first-order chi connectivity index (χ1) is 16.8. The van der Waals surface area contributed by atoms with Crippen molar-refractivity contribution in [3.8, 4) is 5.75 Å². The number of aliphatic hydroxyl groups excluding tert-OH is 1. The summed E-state index contributed by atoms with van der Waals surface area (Å²) in [5.41, 5.74) is 1.52. The average Bonchev–Trinajstić information content (AvgIpc) is 3.11. The normalized spacial score (nSPS) is 17.0. The van der Waals surface area contributed by atoms with E-state index in [1.807, 2.05) is 0 Å². The first-order valence-electron chi connectivity index (χ1n) is 10.9. The van der Waals surface area contributed by atoms with Gasteiger partial charge in [0, 0.05) is 11.3 Å². The third-order valence-electron chi connectivity index (χ3n) is 5.64. The lowest BCUT2D eigenvalue weighted by molar-refractivity contribution is -0.142. The predicted molar refractivity (Wildman–Crippen MR) is 126 cm³/mol. The second kappa shape index (κ2) is 9.80. The summed E-state index contributed by atoms with van der Waals surface area (Å²) in [5, 5.41) is 20.7. The minimum atomic E-state index is -1.00. The number of amides is 1. The number of phenols is 1. The van der Waals surface area contributed by atoms with Crippen molar-refractivity contribution in [1.82, 2.24) is 0 Å². The van der Waals surface area contributed by atoms with E-state index in [1.54, 1.807) is 43.3 Å². The van der Waals surface area contributed by atoms with Crippen molar-refractivity contribution in [2.75, 3.05) is 11.5 Å². The quantitative estimate of drug-likeness (QED) is 0.239. The summed E-state index contributed by atoms with van der Waals surface area (Å²) in [6.45, 7) is 1.98. The Morgan fingerprint density at radius 2 is 1.60 bits per heavy atom. The van der Waals surface area contributed by atoms with Gasteiger partial charge in [-0.25, -0.2) is 4.39 Å². The Hall–Kier alpha value is -4.46. The van der Waals surface area contributed by atoms with Gasteiger partial charge in [-0.3, -0.25) is 19.3 Å². The average molecular weight is 475 g/mol. The maximum Gasteiger partial charge on any atom is 0.310 e. The van der Waals surface area contributed by atoms with Gasteiger partial charge in [0.05, 0.1) is 24.6 Å². The number of ether oxygens (including phenoxy) is 1. The second-order valence-corrected chi connectivity index (χ2v) is 7.92. The molecule has 4 rings (SSSR count). The molecule has 0 aliphatic carbocycles. The minimum Gasteiger partial charge on any atom is -0.508 e. The molecule has 1 atom stereocenters. The van der Waals surface area contributed by atoms with Crippen LogP contribution >= 0.6 is 0 Å². The highest BCUT2D eigenvalue weighted by Crippen LogP contribution is 2.42. The molecule has 2 N–H and O–H groups in total. The molecule has 1 aliphatic rings. The molecule has 0 spiro atoms. The predicted octanol–water partition coefficient (Wildman–Crippen LogP) is 4.26. The summed E-state index contributed by atoms with van der Waals surface area (Å²) in [7, 11) is 0. The maximum atomic E-state index is 13.4. The van der Waals surface area contributed by atoms with E-state index in [-0.39, 0.29) is 35.9 Å². The molecule has 1 saturated heterocycles. The second-order valence-electron chi connectivity index (χ2n) is 7.92. The topological polar surface area (TPSA) is 104 Å². The van der Waals surface area contributed by atoms with Gasteiger partial charge >= 0.3 is 5.97 Å². The molecule has 0 bridgehead atoms. The van der Waals surface area contributed by atoms with Gasteiger partial charge in [0.1, 0.15) is 17.3 Å². The van der Waals surface area contributed by atoms with Gasteiger partial charge in [-0.05, 0) is 66.6 Å². The number of benzene rings is 3. The van der Waals surface area contributed by atoms with Crippen molar-refractivity contribution < 1.29 is 33.7 Å². The molecular weight excluding hydrogens is 453 g/mol. The molecule has 178 valence electrons. The van der Waals surface area contributed by atoms with E-state index in [0.29, 0.717) is 16.8 Å². The number of aromatic hydroxyl groups is 1. The van der Waals surface area contributed by atoms with Gasteiger partial charge in [0.2, 0.25) is 0 Å². The molecule has 0 radical (unpaired) electrons. The molecule has 3 aromatic carbocycles. The molecule has 7 nitrogen and oxygen atoms in total. The Labute approximate surface area is 200 Å². The molecule has 35 heavy (non-hydrogen) atoms. The Morgan fingerprint density at radius 1 is 0.971 bits per heavy atom. The fourth-order valence-electron chi connectivity index (χ4n) is 3.99. The van der Waals surface area contributed by atoms with Crippen LogP contribution in [0.15, 0.2) is 78.4 Å². The number of Topliss-reactive ketones (excluding diaryl/α,β-unsaturated/α-hetero) is 1. The number of esters is 1. The third-order valence-corrected chi connectivity index (χ3v) is 5.64. The molecular formula is C27H22FNO6. The summed E-state index contributed by atoms with van der Waals surface area (Å²) in [6, 6.07) is 16.3. The zero-order chi connectivity index (χ0) is 25.1. The first-order valence-corrected chi connectivity index (χ1v) is 10.9. The van der Waals surface area contributed by atoms with E-state index in [1.165, 1.54) is 29.2 Å². The largest absolute Gasteiger partial charge is 0.508 e. The van der Waals surface area contributed by atoms with E-state index in [4.69, 9.17) is 4.74 Å². The Bertz CT molecular complexity index is 1300. The van der Waals surface area contributed by atoms with Crippen LogP contribution < -0.4 is 4.90 Å². The highest BCUT2D eigenvalue weighted by Gasteiger charge is 2.47. The van der Waals surface area contributed by atoms with Gasteiger partial charge in [-0.1, -0.05) is 24.3 Å². The molecule has 1 amide bonds. The summed E-state index contributed by atoms with van der Waals surface area (Å²) in [5.74, 6) is -3.11. The molecule has 0 aromatic heterocycles. The summed E-state index contributed by atoms with van der Waals surface area (Å²) >= 11 is 0. The summed E-state index contributed by atoms with van der Waals surface area (Å²) < 4.78 is 18.4. The molecule has 3 aromatic rings. The van der Waals surface area contributed by atoms with Crippen molar-refractivity contribution in [1.29, 1.82) is 0 Å². The monoisotopic (exact) mass is 475 g/mol. The van der Waals surface area contributed by atoms with Crippen molar-refractivity contribution >= 4 is 29.1 Å². The molecule has 1 fully saturated rings. The smallest absolute Gasteiger partial charge is 0.310 e. The third kappa shape index (κ3) is 4.77. The molecule has 1 heterocycles. The van der Waals surface area contributed by atoms with Gasteiger partial charge in [0.15, 0.2) is 0 Å². The maximum absolute atomic E-state index is 13.4. The number of phenolic OH excluding ortho intramolecular Hbond substituents is 1. The fraction of sp³-hybridized carbons (Fsp3) is 0.148.